The Morgan fingerprint density at radius 1 is 1.14 bits per heavy atom. The molecule has 2 N–H and O–H groups in total. The lowest BCUT2D eigenvalue weighted by Gasteiger charge is -2.22. The van der Waals surface area contributed by atoms with Crippen molar-refractivity contribution in [1.82, 2.24) is 5.32 Å². The van der Waals surface area contributed by atoms with Crippen LogP contribution in [0.2, 0.25) is 0 Å². The number of amides is 2. The molecule has 2 amide bonds. The first-order valence-corrected chi connectivity index (χ1v) is 11.3. The predicted octanol–water partition coefficient (Wildman–Crippen LogP) is 6.17. The highest BCUT2D eigenvalue weighted by Crippen LogP contribution is 2.36. The second-order valence-electron chi connectivity index (χ2n) is 7.78. The van der Waals surface area contributed by atoms with Crippen molar-refractivity contribution in [2.45, 2.75) is 64.8 Å². The van der Waals surface area contributed by atoms with Crippen LogP contribution >= 0.6 is 11.3 Å². The Labute approximate surface area is 176 Å². The van der Waals surface area contributed by atoms with Crippen molar-refractivity contribution >= 4 is 28.3 Å². The van der Waals surface area contributed by atoms with Gasteiger partial charge >= 0.3 is 12.0 Å². The third kappa shape index (κ3) is 5.38. The van der Waals surface area contributed by atoms with Crippen LogP contribution in [-0.4, -0.2) is 24.6 Å². The zero-order valence-corrected chi connectivity index (χ0v) is 18.2. The highest BCUT2D eigenvalue weighted by Gasteiger charge is 2.24. The lowest BCUT2D eigenvalue weighted by molar-refractivity contribution is 0.0529. The molecular formula is C23H30N2O3S. The molecule has 1 heterocycles. The summed E-state index contributed by atoms with van der Waals surface area (Å²) in [7, 11) is 0. The number of carbonyl (C=O) groups excluding carboxylic acids is 2. The smallest absolute Gasteiger partial charge is 0.341 e. The van der Waals surface area contributed by atoms with Gasteiger partial charge in [0.1, 0.15) is 10.6 Å². The summed E-state index contributed by atoms with van der Waals surface area (Å²) in [5, 5.41) is 8.36. The number of esters is 1. The van der Waals surface area contributed by atoms with Gasteiger partial charge in [-0.2, -0.15) is 0 Å². The van der Waals surface area contributed by atoms with Crippen LogP contribution in [0.1, 0.15) is 74.7 Å². The van der Waals surface area contributed by atoms with Crippen molar-refractivity contribution in [3.63, 3.8) is 0 Å². The van der Waals surface area contributed by atoms with Gasteiger partial charge in [-0.15, -0.1) is 11.3 Å². The Hall–Kier alpha value is -2.34. The number of benzene rings is 1. The van der Waals surface area contributed by atoms with E-state index in [4.69, 9.17) is 4.74 Å². The summed E-state index contributed by atoms with van der Waals surface area (Å²) in [6.07, 6.45) is 5.55. The van der Waals surface area contributed by atoms with Crippen molar-refractivity contribution in [3.8, 4) is 11.1 Å². The van der Waals surface area contributed by atoms with Crippen LogP contribution in [0.3, 0.4) is 0 Å². The van der Waals surface area contributed by atoms with Crippen LogP contribution in [0.4, 0.5) is 9.80 Å². The maximum atomic E-state index is 12.7. The zero-order chi connectivity index (χ0) is 20.8. The van der Waals surface area contributed by atoms with Gasteiger partial charge in [-0.1, -0.05) is 57.4 Å². The van der Waals surface area contributed by atoms with Gasteiger partial charge in [0.2, 0.25) is 0 Å². The molecule has 0 bridgehead atoms. The minimum Gasteiger partial charge on any atom is -0.462 e. The van der Waals surface area contributed by atoms with Gasteiger partial charge < -0.3 is 10.1 Å². The second-order valence-corrected chi connectivity index (χ2v) is 8.66. The van der Waals surface area contributed by atoms with E-state index in [-0.39, 0.29) is 18.7 Å². The van der Waals surface area contributed by atoms with Crippen molar-refractivity contribution in [1.29, 1.82) is 0 Å². The van der Waals surface area contributed by atoms with E-state index in [9.17, 15) is 9.59 Å². The van der Waals surface area contributed by atoms with E-state index >= 15 is 0 Å². The highest BCUT2D eigenvalue weighted by molar-refractivity contribution is 7.15. The average molecular weight is 415 g/mol. The molecular weight excluding hydrogens is 384 g/mol. The average Bonchev–Trinajstić information content (AvgIpc) is 3.12. The molecule has 156 valence electrons. The third-order valence-corrected chi connectivity index (χ3v) is 6.22. The summed E-state index contributed by atoms with van der Waals surface area (Å²) in [5.41, 5.74) is 3.39. The number of ether oxygens (including phenoxy) is 1. The van der Waals surface area contributed by atoms with Crippen LogP contribution in [0.5, 0.6) is 0 Å². The van der Waals surface area contributed by atoms with E-state index in [2.05, 4.69) is 36.6 Å². The number of urea groups is 1. The van der Waals surface area contributed by atoms with Gasteiger partial charge in [0.15, 0.2) is 0 Å². The Morgan fingerprint density at radius 3 is 2.45 bits per heavy atom. The Kier molecular flexibility index (Phi) is 7.31. The monoisotopic (exact) mass is 414 g/mol. The topological polar surface area (TPSA) is 67.4 Å². The molecule has 6 heteroatoms. The molecule has 1 aromatic carbocycles. The summed E-state index contributed by atoms with van der Waals surface area (Å²) >= 11 is 1.35. The molecule has 0 radical (unpaired) electrons. The van der Waals surface area contributed by atoms with Crippen molar-refractivity contribution in [2.24, 2.45) is 0 Å². The van der Waals surface area contributed by atoms with Crippen LogP contribution < -0.4 is 10.6 Å². The Bertz CT molecular complexity index is 836. The maximum Gasteiger partial charge on any atom is 0.341 e. The Morgan fingerprint density at radius 2 is 1.83 bits per heavy atom. The van der Waals surface area contributed by atoms with E-state index in [1.54, 1.807) is 6.92 Å². The molecule has 1 aromatic heterocycles. The largest absolute Gasteiger partial charge is 0.462 e. The highest BCUT2D eigenvalue weighted by atomic mass is 32.1. The van der Waals surface area contributed by atoms with Gasteiger partial charge in [-0.25, -0.2) is 9.59 Å². The summed E-state index contributed by atoms with van der Waals surface area (Å²) in [4.78, 5) is 25.2. The Balaban J connectivity index is 1.83. The quantitative estimate of drug-likeness (QED) is 0.556. The first kappa shape index (κ1) is 21.4. The number of hydrogen-bond acceptors (Lipinski definition) is 4. The zero-order valence-electron chi connectivity index (χ0n) is 17.4. The van der Waals surface area contributed by atoms with E-state index in [0.29, 0.717) is 16.5 Å². The molecule has 1 aliphatic carbocycles. The number of carbonyl (C=O) groups is 2. The summed E-state index contributed by atoms with van der Waals surface area (Å²) < 4.78 is 5.28. The molecule has 5 nitrogen and oxygen atoms in total. The molecule has 29 heavy (non-hydrogen) atoms. The van der Waals surface area contributed by atoms with Gasteiger partial charge in [-0.3, -0.25) is 5.32 Å². The van der Waals surface area contributed by atoms with Gasteiger partial charge in [0.05, 0.1) is 6.61 Å². The first-order chi connectivity index (χ1) is 14.0. The SMILES string of the molecule is CCOC(=O)c1c(-c2ccc(C(C)C)cc2)csc1NC(=O)NC1CCCCC1. The molecule has 3 rings (SSSR count). The molecule has 1 aliphatic rings. The number of rotatable bonds is 6. The first-order valence-electron chi connectivity index (χ1n) is 10.5. The molecule has 0 atom stereocenters. The van der Waals surface area contributed by atoms with E-state index in [1.165, 1.54) is 23.3 Å². The van der Waals surface area contributed by atoms with Crippen molar-refractivity contribution in [3.05, 3.63) is 40.8 Å². The number of hydrogen-bond donors (Lipinski definition) is 2. The molecule has 1 saturated carbocycles. The normalized spacial score (nSPS) is 14.6. The van der Waals surface area contributed by atoms with Crippen LogP contribution in [0.25, 0.3) is 11.1 Å². The fraction of sp³-hybridized carbons (Fsp3) is 0.478. The molecule has 0 spiro atoms. The van der Waals surface area contributed by atoms with Crippen molar-refractivity contribution < 1.29 is 14.3 Å². The number of anilines is 1. The summed E-state index contributed by atoms with van der Waals surface area (Å²) in [5.74, 6) is 0.0291. The van der Waals surface area contributed by atoms with E-state index < -0.39 is 5.97 Å². The number of thiophene rings is 1. The minimum atomic E-state index is -0.412. The lowest BCUT2D eigenvalue weighted by atomic mass is 9.96. The predicted molar refractivity (Wildman–Crippen MR) is 119 cm³/mol. The number of nitrogens with one attached hydrogen (secondary N) is 2. The molecule has 0 saturated heterocycles. The molecule has 2 aromatic rings. The van der Waals surface area contributed by atoms with Crippen molar-refractivity contribution in [2.75, 3.05) is 11.9 Å². The maximum absolute atomic E-state index is 12.7. The van der Waals surface area contributed by atoms with Gasteiger partial charge in [-0.05, 0) is 36.8 Å². The lowest BCUT2D eigenvalue weighted by Crippen LogP contribution is -2.39. The van der Waals surface area contributed by atoms with E-state index in [1.807, 2.05) is 17.5 Å². The molecule has 0 aliphatic heterocycles. The molecule has 1 fully saturated rings. The fourth-order valence-electron chi connectivity index (χ4n) is 3.69. The fourth-order valence-corrected chi connectivity index (χ4v) is 4.64. The standard InChI is InChI=1S/C23H30N2O3S/c1-4-28-22(26)20-19(17-12-10-16(11-13-17)15(2)3)14-29-21(20)25-23(27)24-18-8-6-5-7-9-18/h10-15,18H,4-9H2,1-3H3,(H2,24,25,27). The second kappa shape index (κ2) is 9.92. The van der Waals surface area contributed by atoms with Gasteiger partial charge in [0, 0.05) is 17.0 Å². The van der Waals surface area contributed by atoms with Crippen LogP contribution in [-0.2, 0) is 4.74 Å². The van der Waals surface area contributed by atoms with Gasteiger partial charge in [0.25, 0.3) is 0 Å². The molecule has 0 unspecified atom stereocenters. The minimum absolute atomic E-state index is 0.206. The summed E-state index contributed by atoms with van der Waals surface area (Å²) in [6, 6.07) is 8.15. The third-order valence-electron chi connectivity index (χ3n) is 5.33. The summed E-state index contributed by atoms with van der Waals surface area (Å²) in [6.45, 7) is 6.37. The van der Waals surface area contributed by atoms with E-state index in [0.717, 1.165) is 36.8 Å². The van der Waals surface area contributed by atoms with Crippen LogP contribution in [0.15, 0.2) is 29.6 Å². The van der Waals surface area contributed by atoms with Crippen LogP contribution in [0, 0.1) is 0 Å².